The SMILES string of the molecule is CC(C)[C@@H](N)c1ccc(Br)c(Br)c1. The minimum atomic E-state index is 0.115. The molecule has 0 saturated carbocycles. The van der Waals surface area contributed by atoms with Gasteiger partial charge < -0.3 is 5.73 Å². The molecule has 0 aliphatic heterocycles. The lowest BCUT2D eigenvalue weighted by atomic mass is 9.97. The molecule has 0 aliphatic carbocycles. The lowest BCUT2D eigenvalue weighted by molar-refractivity contribution is 0.514. The summed E-state index contributed by atoms with van der Waals surface area (Å²) in [6, 6.07) is 6.25. The van der Waals surface area contributed by atoms with Gasteiger partial charge in [0.2, 0.25) is 0 Å². The zero-order chi connectivity index (χ0) is 10.0. The van der Waals surface area contributed by atoms with Crippen molar-refractivity contribution in [2.45, 2.75) is 19.9 Å². The smallest absolute Gasteiger partial charge is 0.0320 e. The third kappa shape index (κ3) is 2.79. The maximum Gasteiger partial charge on any atom is 0.0320 e. The summed E-state index contributed by atoms with van der Waals surface area (Å²) in [5.74, 6) is 0.466. The van der Waals surface area contributed by atoms with Gasteiger partial charge in [0.25, 0.3) is 0 Å². The average molecular weight is 307 g/mol. The second-order valence-corrected chi connectivity index (χ2v) is 5.15. The fraction of sp³-hybridized carbons (Fsp3) is 0.400. The van der Waals surface area contributed by atoms with Gasteiger partial charge in [-0.1, -0.05) is 19.9 Å². The van der Waals surface area contributed by atoms with Gasteiger partial charge in [0, 0.05) is 15.0 Å². The Morgan fingerprint density at radius 3 is 2.23 bits per heavy atom. The van der Waals surface area contributed by atoms with E-state index in [4.69, 9.17) is 5.73 Å². The molecule has 0 fully saturated rings. The Morgan fingerprint density at radius 2 is 1.77 bits per heavy atom. The van der Waals surface area contributed by atoms with Crippen LogP contribution in [0.2, 0.25) is 0 Å². The van der Waals surface area contributed by atoms with E-state index in [-0.39, 0.29) is 6.04 Å². The molecule has 1 aromatic rings. The highest BCUT2D eigenvalue weighted by Gasteiger charge is 2.10. The highest BCUT2D eigenvalue weighted by atomic mass is 79.9. The zero-order valence-electron chi connectivity index (χ0n) is 7.72. The van der Waals surface area contributed by atoms with Crippen LogP contribution in [0.15, 0.2) is 27.1 Å². The second-order valence-electron chi connectivity index (χ2n) is 3.44. The summed E-state index contributed by atoms with van der Waals surface area (Å²) < 4.78 is 2.12. The quantitative estimate of drug-likeness (QED) is 0.882. The van der Waals surface area contributed by atoms with Crippen LogP contribution in [0.4, 0.5) is 0 Å². The van der Waals surface area contributed by atoms with Crippen molar-refractivity contribution in [3.05, 3.63) is 32.7 Å². The third-order valence-electron chi connectivity index (χ3n) is 2.05. The van der Waals surface area contributed by atoms with E-state index in [9.17, 15) is 0 Å². The standard InChI is InChI=1S/C10H13Br2N/c1-6(2)10(13)7-3-4-8(11)9(12)5-7/h3-6,10H,13H2,1-2H3/t10-/m1/s1. The fourth-order valence-electron chi connectivity index (χ4n) is 1.10. The van der Waals surface area contributed by atoms with Crippen LogP contribution in [0.1, 0.15) is 25.5 Å². The lowest BCUT2D eigenvalue weighted by Crippen LogP contribution is -2.16. The van der Waals surface area contributed by atoms with Crippen molar-refractivity contribution in [3.63, 3.8) is 0 Å². The molecule has 0 aliphatic rings. The summed E-state index contributed by atoms with van der Waals surface area (Å²) in [5, 5.41) is 0. The van der Waals surface area contributed by atoms with Gasteiger partial charge >= 0.3 is 0 Å². The van der Waals surface area contributed by atoms with Crippen LogP contribution in [0.3, 0.4) is 0 Å². The van der Waals surface area contributed by atoms with Gasteiger partial charge in [0.05, 0.1) is 0 Å². The highest BCUT2D eigenvalue weighted by Crippen LogP contribution is 2.27. The number of nitrogens with two attached hydrogens (primary N) is 1. The summed E-state index contributed by atoms with van der Waals surface area (Å²) >= 11 is 6.89. The maximum atomic E-state index is 6.02. The molecule has 0 heterocycles. The third-order valence-corrected chi connectivity index (χ3v) is 3.93. The molecule has 1 rings (SSSR count). The minimum Gasteiger partial charge on any atom is -0.324 e. The Balaban J connectivity index is 2.97. The van der Waals surface area contributed by atoms with Gasteiger partial charge in [-0.2, -0.15) is 0 Å². The first-order valence-corrected chi connectivity index (χ1v) is 5.81. The average Bonchev–Trinajstić information content (AvgIpc) is 2.08. The summed E-state index contributed by atoms with van der Waals surface area (Å²) in [7, 11) is 0. The Morgan fingerprint density at radius 1 is 1.15 bits per heavy atom. The lowest BCUT2D eigenvalue weighted by Gasteiger charge is -2.16. The second kappa shape index (κ2) is 4.58. The van der Waals surface area contributed by atoms with Crippen LogP contribution < -0.4 is 5.73 Å². The van der Waals surface area contributed by atoms with Crippen molar-refractivity contribution in [2.75, 3.05) is 0 Å². The number of hydrogen-bond donors (Lipinski definition) is 1. The first-order valence-electron chi connectivity index (χ1n) is 4.23. The summed E-state index contributed by atoms with van der Waals surface area (Å²) in [4.78, 5) is 0. The number of hydrogen-bond acceptors (Lipinski definition) is 1. The van der Waals surface area contributed by atoms with Crippen LogP contribution in [0, 0.1) is 5.92 Å². The van der Waals surface area contributed by atoms with Crippen LogP contribution in [-0.4, -0.2) is 0 Å². The van der Waals surface area contributed by atoms with E-state index in [2.05, 4.69) is 57.8 Å². The minimum absolute atomic E-state index is 0.115. The Kier molecular flexibility index (Phi) is 3.95. The van der Waals surface area contributed by atoms with E-state index < -0.39 is 0 Å². The van der Waals surface area contributed by atoms with Crippen LogP contribution in [0.25, 0.3) is 0 Å². The molecule has 0 amide bonds. The molecule has 0 spiro atoms. The first-order chi connectivity index (χ1) is 6.02. The van der Waals surface area contributed by atoms with E-state index in [0.717, 1.165) is 8.95 Å². The van der Waals surface area contributed by atoms with Crippen molar-refractivity contribution in [1.29, 1.82) is 0 Å². The van der Waals surface area contributed by atoms with E-state index in [1.54, 1.807) is 0 Å². The predicted molar refractivity (Wildman–Crippen MR) is 63.6 cm³/mol. The van der Waals surface area contributed by atoms with E-state index in [0.29, 0.717) is 5.92 Å². The fourth-order valence-corrected chi connectivity index (χ4v) is 1.75. The molecule has 0 unspecified atom stereocenters. The van der Waals surface area contributed by atoms with Gasteiger partial charge in [-0.25, -0.2) is 0 Å². The van der Waals surface area contributed by atoms with Crippen molar-refractivity contribution in [3.8, 4) is 0 Å². The van der Waals surface area contributed by atoms with Crippen LogP contribution in [0.5, 0.6) is 0 Å². The monoisotopic (exact) mass is 305 g/mol. The van der Waals surface area contributed by atoms with Crippen molar-refractivity contribution < 1.29 is 0 Å². The molecule has 1 nitrogen and oxygen atoms in total. The largest absolute Gasteiger partial charge is 0.324 e. The van der Waals surface area contributed by atoms with Crippen molar-refractivity contribution >= 4 is 31.9 Å². The van der Waals surface area contributed by atoms with E-state index in [1.165, 1.54) is 5.56 Å². The van der Waals surface area contributed by atoms with Crippen molar-refractivity contribution in [2.24, 2.45) is 11.7 Å². The Labute approximate surface area is 96.0 Å². The van der Waals surface area contributed by atoms with Gasteiger partial charge in [-0.3, -0.25) is 0 Å². The number of halogens is 2. The molecule has 3 heteroatoms. The zero-order valence-corrected chi connectivity index (χ0v) is 10.9. The van der Waals surface area contributed by atoms with E-state index in [1.807, 2.05) is 6.07 Å². The molecule has 13 heavy (non-hydrogen) atoms. The van der Waals surface area contributed by atoms with E-state index >= 15 is 0 Å². The molecule has 0 saturated heterocycles. The molecule has 72 valence electrons. The predicted octanol–water partition coefficient (Wildman–Crippen LogP) is 3.87. The van der Waals surface area contributed by atoms with Gasteiger partial charge in [-0.05, 0) is 55.5 Å². The van der Waals surface area contributed by atoms with Gasteiger partial charge in [-0.15, -0.1) is 0 Å². The highest BCUT2D eigenvalue weighted by molar-refractivity contribution is 9.13. The Bertz CT molecular complexity index is 297. The molecule has 0 bridgehead atoms. The topological polar surface area (TPSA) is 26.0 Å². The first kappa shape index (κ1) is 11.2. The van der Waals surface area contributed by atoms with Crippen LogP contribution >= 0.6 is 31.9 Å². The summed E-state index contributed by atoms with van der Waals surface area (Å²) in [6.45, 7) is 4.25. The molecule has 1 aromatic carbocycles. The number of benzene rings is 1. The van der Waals surface area contributed by atoms with Crippen LogP contribution in [-0.2, 0) is 0 Å². The molecule has 0 radical (unpaired) electrons. The molecule has 1 atom stereocenters. The van der Waals surface area contributed by atoms with Crippen molar-refractivity contribution in [1.82, 2.24) is 0 Å². The van der Waals surface area contributed by atoms with Gasteiger partial charge in [0.1, 0.15) is 0 Å². The molecule has 0 aromatic heterocycles. The Hall–Kier alpha value is 0.140. The number of rotatable bonds is 2. The summed E-state index contributed by atoms with van der Waals surface area (Å²) in [6.07, 6.45) is 0. The van der Waals surface area contributed by atoms with Gasteiger partial charge in [0.15, 0.2) is 0 Å². The summed E-state index contributed by atoms with van der Waals surface area (Å²) in [5.41, 5.74) is 7.19. The molecular weight excluding hydrogens is 294 g/mol. The normalized spacial score (nSPS) is 13.4. The maximum absolute atomic E-state index is 6.02. The molecular formula is C10H13Br2N. The molecule has 2 N–H and O–H groups in total.